The molecule has 6 heteroatoms. The number of hydrogen-bond donors (Lipinski definition) is 2. The Kier molecular flexibility index (Phi) is 5.29. The summed E-state index contributed by atoms with van der Waals surface area (Å²) in [5, 5.41) is 12.4. The number of aliphatic hydroxyl groups excluding tert-OH is 1. The zero-order valence-corrected chi connectivity index (χ0v) is 16.1. The lowest BCUT2D eigenvalue weighted by atomic mass is 9.92. The summed E-state index contributed by atoms with van der Waals surface area (Å²) in [4.78, 5) is 27.7. The maximum atomic E-state index is 13.4. The van der Waals surface area contributed by atoms with Gasteiger partial charge in [0, 0.05) is 5.69 Å². The highest BCUT2D eigenvalue weighted by Gasteiger charge is 2.53. The average molecular weight is 389 g/mol. The Hall–Kier alpha value is -3.22. The van der Waals surface area contributed by atoms with E-state index in [0.29, 0.717) is 5.69 Å². The van der Waals surface area contributed by atoms with Crippen molar-refractivity contribution in [2.75, 3.05) is 10.3 Å². The minimum Gasteiger partial charge on any atom is -0.387 e. The van der Waals surface area contributed by atoms with Crippen LogP contribution in [0.2, 0.25) is 0 Å². The van der Waals surface area contributed by atoms with Crippen molar-refractivity contribution in [3.05, 3.63) is 85.0 Å². The molecule has 148 valence electrons. The van der Waals surface area contributed by atoms with Gasteiger partial charge in [-0.25, -0.2) is 9.91 Å². The number of hydrazine groups is 1. The number of fused-ring (bicyclic) bond motifs is 1. The summed E-state index contributed by atoms with van der Waals surface area (Å²) in [6.45, 7) is 1.83. The van der Waals surface area contributed by atoms with Crippen molar-refractivity contribution >= 4 is 23.2 Å². The van der Waals surface area contributed by atoms with E-state index in [1.165, 1.54) is 4.90 Å². The summed E-state index contributed by atoms with van der Waals surface area (Å²) in [5.41, 5.74) is 4.58. The van der Waals surface area contributed by atoms with E-state index in [2.05, 4.69) is 5.43 Å². The van der Waals surface area contributed by atoms with Crippen LogP contribution in [0.4, 0.5) is 11.4 Å². The number of nitrogens with one attached hydrogen (secondary N) is 1. The topological polar surface area (TPSA) is 72.9 Å². The van der Waals surface area contributed by atoms with E-state index in [9.17, 15) is 14.7 Å². The van der Waals surface area contributed by atoms with Crippen LogP contribution in [0.15, 0.2) is 85.0 Å². The molecule has 4 atom stereocenters. The fraction of sp³-hybridized carbons (Fsp3) is 0.217. The molecule has 6 nitrogen and oxygen atoms in total. The van der Waals surface area contributed by atoms with E-state index in [0.717, 1.165) is 5.69 Å². The van der Waals surface area contributed by atoms with Crippen molar-refractivity contribution in [2.24, 2.45) is 5.92 Å². The molecule has 4 unspecified atom stereocenters. The fourth-order valence-electron chi connectivity index (χ4n) is 3.90. The van der Waals surface area contributed by atoms with E-state index < -0.39 is 24.1 Å². The number of nitrogens with zero attached hydrogens (tertiary/aromatic N) is 2. The first-order valence-electron chi connectivity index (χ1n) is 9.64. The van der Waals surface area contributed by atoms with E-state index in [1.807, 2.05) is 43.3 Å². The van der Waals surface area contributed by atoms with E-state index >= 15 is 0 Å². The molecule has 1 saturated heterocycles. The number of anilines is 2. The molecule has 0 radical (unpaired) electrons. The number of aliphatic hydroxyl groups is 1. The normalized spacial score (nSPS) is 25.4. The van der Waals surface area contributed by atoms with Crippen LogP contribution in [-0.4, -0.2) is 40.1 Å². The van der Waals surface area contributed by atoms with Crippen LogP contribution < -0.4 is 10.3 Å². The summed E-state index contributed by atoms with van der Waals surface area (Å²) < 4.78 is 0. The first-order chi connectivity index (χ1) is 14.1. The molecule has 2 aromatic rings. The maximum absolute atomic E-state index is 13.4. The molecule has 0 saturated carbocycles. The minimum atomic E-state index is -0.831. The number of allylic oxidation sites excluding steroid dienone is 1. The molecule has 2 amide bonds. The van der Waals surface area contributed by atoms with Crippen molar-refractivity contribution in [1.29, 1.82) is 0 Å². The lowest BCUT2D eigenvalue weighted by Crippen LogP contribution is -2.57. The molecule has 29 heavy (non-hydrogen) atoms. The Bertz CT molecular complexity index is 942. The summed E-state index contributed by atoms with van der Waals surface area (Å²) in [5.74, 6) is -1.19. The molecule has 2 aliphatic rings. The first-order valence-corrected chi connectivity index (χ1v) is 9.64. The first kappa shape index (κ1) is 19.1. The molecule has 2 aliphatic heterocycles. The predicted octanol–water partition coefficient (Wildman–Crippen LogP) is 2.75. The molecule has 0 bridgehead atoms. The highest BCUT2D eigenvalue weighted by molar-refractivity contribution is 6.24. The number of para-hydroxylation sites is 2. The predicted molar refractivity (Wildman–Crippen MR) is 112 cm³/mol. The molecular formula is C23H23N3O3. The van der Waals surface area contributed by atoms with Crippen LogP contribution in [0.25, 0.3) is 0 Å². The van der Waals surface area contributed by atoms with Gasteiger partial charge in [-0.2, -0.15) is 0 Å². The Morgan fingerprint density at radius 1 is 0.966 bits per heavy atom. The minimum absolute atomic E-state index is 0.263. The molecule has 0 aliphatic carbocycles. The third-order valence-corrected chi connectivity index (χ3v) is 5.24. The number of carbonyl (C=O) groups excluding carboxylic acids is 2. The molecule has 2 N–H and O–H groups in total. The monoisotopic (exact) mass is 389 g/mol. The quantitative estimate of drug-likeness (QED) is 0.608. The van der Waals surface area contributed by atoms with Gasteiger partial charge in [-0.05, 0) is 31.2 Å². The summed E-state index contributed by atoms with van der Waals surface area (Å²) >= 11 is 0. The van der Waals surface area contributed by atoms with Gasteiger partial charge in [0.15, 0.2) is 0 Å². The van der Waals surface area contributed by atoms with Crippen molar-refractivity contribution in [3.63, 3.8) is 0 Å². The van der Waals surface area contributed by atoms with Crippen molar-refractivity contribution in [2.45, 2.75) is 25.1 Å². The van der Waals surface area contributed by atoms with E-state index in [1.54, 1.807) is 53.6 Å². The largest absolute Gasteiger partial charge is 0.387 e. The molecule has 0 spiro atoms. The molecule has 2 aromatic carbocycles. The van der Waals surface area contributed by atoms with Gasteiger partial charge in [0.05, 0.1) is 23.8 Å². The maximum Gasteiger partial charge on any atom is 0.254 e. The second-order valence-electron chi connectivity index (χ2n) is 7.10. The number of benzene rings is 2. The van der Waals surface area contributed by atoms with Gasteiger partial charge in [0.1, 0.15) is 6.04 Å². The number of hydrogen-bond acceptors (Lipinski definition) is 5. The SMILES string of the molecule is CC=CC(O)C1C=CC2C(=O)N(c3ccccc3)C(=O)C2N1Nc1ccccc1. The summed E-state index contributed by atoms with van der Waals surface area (Å²) in [6.07, 6.45) is 6.15. The van der Waals surface area contributed by atoms with Crippen LogP contribution in [-0.2, 0) is 9.59 Å². The lowest BCUT2D eigenvalue weighted by molar-refractivity contribution is -0.123. The second-order valence-corrected chi connectivity index (χ2v) is 7.10. The number of amides is 2. The Labute approximate surface area is 169 Å². The average Bonchev–Trinajstić information content (AvgIpc) is 3.00. The Balaban J connectivity index is 1.73. The Morgan fingerprint density at radius 2 is 1.62 bits per heavy atom. The van der Waals surface area contributed by atoms with Crippen molar-refractivity contribution in [3.8, 4) is 0 Å². The third kappa shape index (κ3) is 3.48. The number of carbonyl (C=O) groups is 2. The van der Waals surface area contributed by atoms with Gasteiger partial charge < -0.3 is 10.5 Å². The molecule has 2 heterocycles. The number of rotatable bonds is 5. The molecule has 1 fully saturated rings. The number of imide groups is 1. The van der Waals surface area contributed by atoms with E-state index in [4.69, 9.17) is 0 Å². The standard InChI is InChI=1S/C23H23N3O3/c1-2-9-20(27)19-15-14-18-21(26(19)24-16-10-5-3-6-11-16)23(29)25(22(18)28)17-12-7-4-8-13-17/h2-15,18-21,24,27H,1H3. The van der Waals surface area contributed by atoms with Gasteiger partial charge in [0.2, 0.25) is 5.91 Å². The summed E-state index contributed by atoms with van der Waals surface area (Å²) in [6, 6.07) is 17.1. The van der Waals surface area contributed by atoms with Crippen LogP contribution in [0.5, 0.6) is 0 Å². The van der Waals surface area contributed by atoms with E-state index in [-0.39, 0.29) is 11.8 Å². The second kappa shape index (κ2) is 8.03. The summed E-state index contributed by atoms with van der Waals surface area (Å²) in [7, 11) is 0. The van der Waals surface area contributed by atoms with Gasteiger partial charge in [-0.3, -0.25) is 9.59 Å². The van der Waals surface area contributed by atoms with Crippen LogP contribution >= 0.6 is 0 Å². The van der Waals surface area contributed by atoms with Gasteiger partial charge in [-0.15, -0.1) is 0 Å². The fourth-order valence-corrected chi connectivity index (χ4v) is 3.90. The smallest absolute Gasteiger partial charge is 0.254 e. The third-order valence-electron chi connectivity index (χ3n) is 5.24. The molecular weight excluding hydrogens is 366 g/mol. The Morgan fingerprint density at radius 3 is 2.28 bits per heavy atom. The lowest BCUT2D eigenvalue weighted by Gasteiger charge is -2.40. The highest BCUT2D eigenvalue weighted by atomic mass is 16.3. The zero-order valence-electron chi connectivity index (χ0n) is 16.1. The molecule has 4 rings (SSSR count). The highest BCUT2D eigenvalue weighted by Crippen LogP contribution is 2.35. The van der Waals surface area contributed by atoms with Crippen molar-refractivity contribution < 1.29 is 14.7 Å². The van der Waals surface area contributed by atoms with Crippen LogP contribution in [0.3, 0.4) is 0 Å². The zero-order chi connectivity index (χ0) is 20.4. The molecule has 0 aromatic heterocycles. The van der Waals surface area contributed by atoms with Crippen LogP contribution in [0, 0.1) is 5.92 Å². The van der Waals surface area contributed by atoms with Gasteiger partial charge in [0.25, 0.3) is 5.91 Å². The van der Waals surface area contributed by atoms with Gasteiger partial charge >= 0.3 is 0 Å². The van der Waals surface area contributed by atoms with Crippen LogP contribution in [0.1, 0.15) is 6.92 Å². The van der Waals surface area contributed by atoms with Gasteiger partial charge in [-0.1, -0.05) is 60.7 Å². The van der Waals surface area contributed by atoms with Crippen molar-refractivity contribution in [1.82, 2.24) is 5.01 Å².